The fraction of sp³-hybridized carbons (Fsp3) is 0.188. The lowest BCUT2D eigenvalue weighted by Gasteiger charge is -2.44. The lowest BCUT2D eigenvalue weighted by atomic mass is 9.81. The van der Waals surface area contributed by atoms with Crippen LogP contribution in [0, 0.1) is 6.92 Å². The topological polar surface area (TPSA) is 6.48 Å². The van der Waals surface area contributed by atoms with Gasteiger partial charge < -0.3 is 4.90 Å². The first kappa shape index (κ1) is 20.9. The molecule has 4 aromatic rings. The number of hydrogen-bond donors (Lipinski definition) is 0. The Balaban J connectivity index is 1.62. The maximum atomic E-state index is 2.74. The van der Waals surface area contributed by atoms with Crippen LogP contribution in [0.25, 0.3) is 0 Å². The van der Waals surface area contributed by atoms with Crippen LogP contribution in [0.4, 0.5) is 5.69 Å². The summed E-state index contributed by atoms with van der Waals surface area (Å²) in [6.45, 7) is 4.61. The van der Waals surface area contributed by atoms with Crippen molar-refractivity contribution in [1.29, 1.82) is 0 Å². The molecule has 2 heterocycles. The molecule has 0 N–H and O–H groups in total. The largest absolute Gasteiger partial charge is 0.347 e. The van der Waals surface area contributed by atoms with Gasteiger partial charge in [0.15, 0.2) is 0 Å². The Morgan fingerprint density at radius 1 is 0.647 bits per heavy atom. The summed E-state index contributed by atoms with van der Waals surface area (Å²) >= 11 is 0. The molecule has 1 saturated heterocycles. The van der Waals surface area contributed by atoms with Crippen LogP contribution in [-0.2, 0) is 5.54 Å². The van der Waals surface area contributed by atoms with E-state index in [-0.39, 0.29) is 17.7 Å². The molecule has 6 rings (SSSR count). The number of benzene rings is 4. The third-order valence-electron chi connectivity index (χ3n) is 7.64. The fourth-order valence-electron chi connectivity index (χ4n) is 6.11. The number of anilines is 1. The zero-order chi connectivity index (χ0) is 23.1. The van der Waals surface area contributed by atoms with Gasteiger partial charge in [0.1, 0.15) is 6.17 Å². The predicted octanol–water partition coefficient (Wildman–Crippen LogP) is 7.09. The van der Waals surface area contributed by atoms with Gasteiger partial charge in [0, 0.05) is 11.7 Å². The fourth-order valence-corrected chi connectivity index (χ4v) is 6.11. The van der Waals surface area contributed by atoms with Gasteiger partial charge in [-0.15, -0.1) is 0 Å². The van der Waals surface area contributed by atoms with Gasteiger partial charge in [0.05, 0.1) is 11.6 Å². The van der Waals surface area contributed by atoms with E-state index in [1.807, 2.05) is 0 Å². The van der Waals surface area contributed by atoms with E-state index in [0.717, 1.165) is 0 Å². The number of para-hydroxylation sites is 1. The molecule has 0 bridgehead atoms. The number of fused-ring (bicyclic) bond motifs is 1. The number of aryl methyl sites for hydroxylation is 1. The molecule has 0 amide bonds. The molecule has 34 heavy (non-hydrogen) atoms. The highest BCUT2D eigenvalue weighted by Gasteiger charge is 2.57. The lowest BCUT2D eigenvalue weighted by Crippen LogP contribution is -2.46. The molecule has 0 saturated carbocycles. The SMILES string of the molecule is Cc1ccccc1N1C(c2ccccc2)N2C(C=CC2(c2ccccc2)c2ccccc2)[C@@H]1C. The van der Waals surface area contributed by atoms with Crippen LogP contribution in [-0.4, -0.2) is 17.0 Å². The van der Waals surface area contributed by atoms with E-state index < -0.39 is 0 Å². The van der Waals surface area contributed by atoms with Crippen molar-refractivity contribution in [3.8, 4) is 0 Å². The van der Waals surface area contributed by atoms with Crippen LogP contribution in [0.5, 0.6) is 0 Å². The average Bonchev–Trinajstić information content (AvgIpc) is 3.43. The monoisotopic (exact) mass is 442 g/mol. The maximum Gasteiger partial charge on any atom is 0.110 e. The quantitative estimate of drug-likeness (QED) is 0.311. The molecule has 2 aliphatic heterocycles. The average molecular weight is 443 g/mol. The van der Waals surface area contributed by atoms with Gasteiger partial charge in [0.25, 0.3) is 0 Å². The van der Waals surface area contributed by atoms with Crippen LogP contribution >= 0.6 is 0 Å². The van der Waals surface area contributed by atoms with Crippen molar-refractivity contribution in [3.63, 3.8) is 0 Å². The molecule has 3 atom stereocenters. The van der Waals surface area contributed by atoms with Crippen molar-refractivity contribution < 1.29 is 0 Å². The molecule has 2 unspecified atom stereocenters. The Labute approximate surface area is 202 Å². The van der Waals surface area contributed by atoms with Crippen LogP contribution in [0.1, 0.15) is 35.3 Å². The second-order valence-corrected chi connectivity index (χ2v) is 9.47. The van der Waals surface area contributed by atoms with Crippen molar-refractivity contribution in [2.75, 3.05) is 4.90 Å². The second kappa shape index (κ2) is 8.30. The summed E-state index contributed by atoms with van der Waals surface area (Å²) in [4.78, 5) is 5.38. The first-order valence-corrected chi connectivity index (χ1v) is 12.2. The summed E-state index contributed by atoms with van der Waals surface area (Å²) in [5.41, 5.74) is 6.20. The Morgan fingerprint density at radius 2 is 1.18 bits per heavy atom. The van der Waals surface area contributed by atoms with E-state index in [1.54, 1.807) is 0 Å². The van der Waals surface area contributed by atoms with E-state index in [9.17, 15) is 0 Å². The number of nitrogens with zero attached hydrogens (tertiary/aromatic N) is 2. The van der Waals surface area contributed by atoms with Gasteiger partial charge in [-0.25, -0.2) is 0 Å². The molecular weight excluding hydrogens is 412 g/mol. The molecule has 0 aliphatic carbocycles. The molecule has 2 nitrogen and oxygen atoms in total. The van der Waals surface area contributed by atoms with Crippen molar-refractivity contribution >= 4 is 5.69 Å². The second-order valence-electron chi connectivity index (χ2n) is 9.47. The van der Waals surface area contributed by atoms with Crippen molar-refractivity contribution in [2.45, 2.75) is 37.6 Å². The van der Waals surface area contributed by atoms with E-state index in [1.165, 1.54) is 27.9 Å². The van der Waals surface area contributed by atoms with Gasteiger partial charge in [-0.1, -0.05) is 121 Å². The van der Waals surface area contributed by atoms with E-state index >= 15 is 0 Å². The van der Waals surface area contributed by atoms with E-state index in [0.29, 0.717) is 6.04 Å². The van der Waals surface area contributed by atoms with Gasteiger partial charge in [-0.05, 0) is 42.2 Å². The van der Waals surface area contributed by atoms with Gasteiger partial charge in [-0.3, -0.25) is 4.90 Å². The van der Waals surface area contributed by atoms with Gasteiger partial charge >= 0.3 is 0 Å². The zero-order valence-corrected chi connectivity index (χ0v) is 19.8. The Bertz CT molecular complexity index is 1260. The molecular formula is C32H30N2. The molecule has 168 valence electrons. The summed E-state index contributed by atoms with van der Waals surface area (Å²) in [7, 11) is 0. The molecule has 0 radical (unpaired) electrons. The zero-order valence-electron chi connectivity index (χ0n) is 19.8. The molecule has 4 aromatic carbocycles. The third-order valence-corrected chi connectivity index (χ3v) is 7.64. The van der Waals surface area contributed by atoms with E-state index in [4.69, 9.17) is 0 Å². The molecule has 2 heteroatoms. The molecule has 0 aromatic heterocycles. The van der Waals surface area contributed by atoms with Crippen LogP contribution in [0.15, 0.2) is 127 Å². The Kier molecular flexibility index (Phi) is 5.12. The van der Waals surface area contributed by atoms with Crippen LogP contribution in [0.3, 0.4) is 0 Å². The lowest BCUT2D eigenvalue weighted by molar-refractivity contribution is 0.135. The first-order valence-electron chi connectivity index (χ1n) is 12.2. The minimum Gasteiger partial charge on any atom is -0.347 e. The maximum absolute atomic E-state index is 2.74. The highest BCUT2D eigenvalue weighted by Crippen LogP contribution is 2.54. The minimum absolute atomic E-state index is 0.0951. The highest BCUT2D eigenvalue weighted by molar-refractivity contribution is 5.60. The Hall–Kier alpha value is -3.62. The van der Waals surface area contributed by atoms with Crippen LogP contribution in [0.2, 0.25) is 0 Å². The van der Waals surface area contributed by atoms with Gasteiger partial charge in [0.2, 0.25) is 0 Å². The summed E-state index contributed by atoms with van der Waals surface area (Å²) in [6, 6.07) is 42.4. The number of hydrogen-bond acceptors (Lipinski definition) is 2. The van der Waals surface area contributed by atoms with Crippen LogP contribution < -0.4 is 4.90 Å². The smallest absolute Gasteiger partial charge is 0.110 e. The predicted molar refractivity (Wildman–Crippen MR) is 141 cm³/mol. The normalized spacial score (nSPS) is 23.2. The standard InChI is InChI=1S/C32H30N2/c1-24-14-12-13-21-29(24)33-25(2)30-22-23-32(27-17-8-4-9-18-27,28-19-10-5-11-20-28)34(30)31(33)26-15-6-3-7-16-26/h3-23,25,30-31H,1-2H3/t25-,30?,31?/m0/s1. The van der Waals surface area contributed by atoms with E-state index in [2.05, 4.69) is 151 Å². The minimum atomic E-state index is -0.348. The molecule has 1 fully saturated rings. The number of rotatable bonds is 4. The summed E-state index contributed by atoms with van der Waals surface area (Å²) < 4.78 is 0. The Morgan fingerprint density at radius 3 is 1.76 bits per heavy atom. The first-order chi connectivity index (χ1) is 16.7. The summed E-state index contributed by atoms with van der Waals surface area (Å²) in [5, 5.41) is 0. The summed E-state index contributed by atoms with van der Waals surface area (Å²) in [6.07, 6.45) is 4.99. The third kappa shape index (κ3) is 3.06. The highest BCUT2D eigenvalue weighted by atomic mass is 15.5. The van der Waals surface area contributed by atoms with Gasteiger partial charge in [-0.2, -0.15) is 0 Å². The summed E-state index contributed by atoms with van der Waals surface area (Å²) in [5.74, 6) is 0. The molecule has 0 spiro atoms. The molecule has 2 aliphatic rings. The van der Waals surface area contributed by atoms with Crippen molar-refractivity contribution in [1.82, 2.24) is 4.90 Å². The van der Waals surface area contributed by atoms with Crippen molar-refractivity contribution in [2.24, 2.45) is 0 Å². The van der Waals surface area contributed by atoms with Crippen molar-refractivity contribution in [3.05, 3.63) is 150 Å².